The van der Waals surface area contributed by atoms with Gasteiger partial charge in [0.25, 0.3) is 0 Å². The normalized spacial score (nSPS) is 10.5. The number of carbonyl (C=O) groups is 1. The van der Waals surface area contributed by atoms with Crippen LogP contribution in [0, 0.1) is 0 Å². The highest BCUT2D eigenvalue weighted by Gasteiger charge is 2.05. The van der Waals surface area contributed by atoms with Gasteiger partial charge in [0.05, 0.1) is 17.3 Å². The summed E-state index contributed by atoms with van der Waals surface area (Å²) in [5.74, 6) is 0.148. The summed E-state index contributed by atoms with van der Waals surface area (Å²) in [6.07, 6.45) is 1.70. The van der Waals surface area contributed by atoms with Crippen LogP contribution in [0.3, 0.4) is 0 Å². The first kappa shape index (κ1) is 11.3. The maximum atomic E-state index is 10.9. The molecular weight excluding hydrogens is 244 g/mol. The monoisotopic (exact) mass is 254 g/mol. The van der Waals surface area contributed by atoms with E-state index in [1.165, 1.54) is 12.1 Å². The van der Waals surface area contributed by atoms with Crippen molar-refractivity contribution >= 4 is 16.9 Å². The first-order chi connectivity index (χ1) is 9.22. The highest BCUT2D eigenvalue weighted by Crippen LogP contribution is 2.25. The smallest absolute Gasteiger partial charge is 0.335 e. The second-order valence-corrected chi connectivity index (χ2v) is 4.05. The fourth-order valence-electron chi connectivity index (χ4n) is 1.81. The molecule has 0 atom stereocenters. The van der Waals surface area contributed by atoms with Gasteiger partial charge in [-0.25, -0.2) is 4.79 Å². The van der Waals surface area contributed by atoms with Crippen molar-refractivity contribution in [3.8, 4) is 11.5 Å². The molecule has 5 nitrogen and oxygen atoms in total. The number of ether oxygens (including phenoxy) is 1. The summed E-state index contributed by atoms with van der Waals surface area (Å²) in [5, 5.41) is 16.6. The first-order valence-corrected chi connectivity index (χ1v) is 5.67. The van der Waals surface area contributed by atoms with Crippen molar-refractivity contribution in [2.75, 3.05) is 0 Å². The van der Waals surface area contributed by atoms with Gasteiger partial charge in [-0.05, 0) is 36.4 Å². The molecule has 0 saturated heterocycles. The lowest BCUT2D eigenvalue weighted by Crippen LogP contribution is -1.96. The minimum atomic E-state index is -0.976. The standard InChI is InChI=1S/C14H10N2O3/c17-14(18)9-2-1-3-11(6-9)19-12-4-5-13-10(7-12)8-15-16-13/h1-8H,(H,15,16)(H,17,18). The average molecular weight is 254 g/mol. The third-order valence-electron chi connectivity index (χ3n) is 2.73. The molecule has 0 aliphatic heterocycles. The van der Waals surface area contributed by atoms with E-state index in [4.69, 9.17) is 9.84 Å². The van der Waals surface area contributed by atoms with Crippen molar-refractivity contribution in [1.29, 1.82) is 0 Å². The minimum absolute atomic E-state index is 0.196. The van der Waals surface area contributed by atoms with Crippen LogP contribution in [0.2, 0.25) is 0 Å². The summed E-state index contributed by atoms with van der Waals surface area (Å²) in [7, 11) is 0. The Kier molecular flexibility index (Phi) is 2.64. The Bertz CT molecular complexity index is 749. The van der Waals surface area contributed by atoms with Gasteiger partial charge in [-0.2, -0.15) is 5.10 Å². The summed E-state index contributed by atoms with van der Waals surface area (Å²) in [4.78, 5) is 10.9. The Hall–Kier alpha value is -2.82. The Morgan fingerprint density at radius 2 is 2.00 bits per heavy atom. The molecule has 3 aromatic rings. The number of H-pyrrole nitrogens is 1. The largest absolute Gasteiger partial charge is 0.478 e. The highest BCUT2D eigenvalue weighted by molar-refractivity contribution is 5.88. The summed E-state index contributed by atoms with van der Waals surface area (Å²) >= 11 is 0. The van der Waals surface area contributed by atoms with E-state index in [-0.39, 0.29) is 5.56 Å². The predicted molar refractivity (Wildman–Crippen MR) is 69.6 cm³/mol. The maximum Gasteiger partial charge on any atom is 0.335 e. The molecule has 0 aliphatic carbocycles. The molecule has 2 N–H and O–H groups in total. The van der Waals surface area contributed by atoms with Crippen LogP contribution < -0.4 is 4.74 Å². The van der Waals surface area contributed by atoms with Crippen molar-refractivity contribution in [2.24, 2.45) is 0 Å². The molecular formula is C14H10N2O3. The number of hydrogen-bond donors (Lipinski definition) is 2. The number of rotatable bonds is 3. The first-order valence-electron chi connectivity index (χ1n) is 5.67. The van der Waals surface area contributed by atoms with Crippen LogP contribution in [0.5, 0.6) is 11.5 Å². The number of aromatic carboxylic acids is 1. The van der Waals surface area contributed by atoms with Gasteiger partial charge in [-0.1, -0.05) is 6.07 Å². The van der Waals surface area contributed by atoms with Crippen LogP contribution in [0.4, 0.5) is 0 Å². The molecule has 0 aliphatic rings. The number of benzene rings is 2. The summed E-state index contributed by atoms with van der Waals surface area (Å²) in [6.45, 7) is 0. The third-order valence-corrected chi connectivity index (χ3v) is 2.73. The Morgan fingerprint density at radius 1 is 1.16 bits per heavy atom. The van der Waals surface area contributed by atoms with Crippen LogP contribution >= 0.6 is 0 Å². The van der Waals surface area contributed by atoms with Crippen LogP contribution in [-0.4, -0.2) is 21.3 Å². The lowest BCUT2D eigenvalue weighted by atomic mass is 10.2. The quantitative estimate of drug-likeness (QED) is 0.753. The van der Waals surface area contributed by atoms with Crippen LogP contribution in [0.15, 0.2) is 48.7 Å². The molecule has 0 spiro atoms. The van der Waals surface area contributed by atoms with Crippen molar-refractivity contribution in [1.82, 2.24) is 10.2 Å². The van der Waals surface area contributed by atoms with Gasteiger partial charge in [-0.3, -0.25) is 5.10 Å². The molecule has 1 aromatic heterocycles. The highest BCUT2D eigenvalue weighted by atomic mass is 16.5. The van der Waals surface area contributed by atoms with Crippen LogP contribution in [0.25, 0.3) is 10.9 Å². The number of aromatic nitrogens is 2. The topological polar surface area (TPSA) is 75.2 Å². The Balaban J connectivity index is 1.91. The van der Waals surface area contributed by atoms with Gasteiger partial charge in [0.1, 0.15) is 11.5 Å². The fourth-order valence-corrected chi connectivity index (χ4v) is 1.81. The molecule has 0 bridgehead atoms. The Labute approximate surface area is 108 Å². The molecule has 19 heavy (non-hydrogen) atoms. The molecule has 0 amide bonds. The molecule has 0 saturated carbocycles. The van der Waals surface area contributed by atoms with E-state index in [1.807, 2.05) is 12.1 Å². The van der Waals surface area contributed by atoms with E-state index in [2.05, 4.69) is 10.2 Å². The van der Waals surface area contributed by atoms with E-state index >= 15 is 0 Å². The van der Waals surface area contributed by atoms with E-state index in [0.717, 1.165) is 10.9 Å². The van der Waals surface area contributed by atoms with Crippen molar-refractivity contribution in [2.45, 2.75) is 0 Å². The number of hydrogen-bond acceptors (Lipinski definition) is 3. The minimum Gasteiger partial charge on any atom is -0.478 e. The summed E-state index contributed by atoms with van der Waals surface area (Å²) in [5.41, 5.74) is 1.12. The van der Waals surface area contributed by atoms with E-state index in [1.54, 1.807) is 24.4 Å². The zero-order valence-corrected chi connectivity index (χ0v) is 9.83. The van der Waals surface area contributed by atoms with Gasteiger partial charge in [0.2, 0.25) is 0 Å². The zero-order chi connectivity index (χ0) is 13.2. The third kappa shape index (κ3) is 2.26. The number of nitrogens with one attached hydrogen (secondary N) is 1. The predicted octanol–water partition coefficient (Wildman–Crippen LogP) is 3.05. The number of carboxylic acids is 1. The molecule has 94 valence electrons. The van der Waals surface area contributed by atoms with Crippen molar-refractivity contribution in [3.05, 3.63) is 54.2 Å². The lowest BCUT2D eigenvalue weighted by Gasteiger charge is -2.06. The maximum absolute atomic E-state index is 10.9. The second-order valence-electron chi connectivity index (χ2n) is 4.05. The molecule has 0 radical (unpaired) electrons. The number of fused-ring (bicyclic) bond motifs is 1. The summed E-state index contributed by atoms with van der Waals surface area (Å²) < 4.78 is 5.64. The molecule has 0 unspecified atom stereocenters. The average Bonchev–Trinajstić information content (AvgIpc) is 2.86. The lowest BCUT2D eigenvalue weighted by molar-refractivity contribution is 0.0696. The van der Waals surface area contributed by atoms with Gasteiger partial charge in [-0.15, -0.1) is 0 Å². The SMILES string of the molecule is O=C(O)c1cccc(Oc2ccc3[nH]ncc3c2)c1. The molecule has 5 heteroatoms. The van der Waals surface area contributed by atoms with Crippen molar-refractivity contribution in [3.63, 3.8) is 0 Å². The van der Waals surface area contributed by atoms with Gasteiger partial charge >= 0.3 is 5.97 Å². The van der Waals surface area contributed by atoms with Gasteiger partial charge in [0.15, 0.2) is 0 Å². The van der Waals surface area contributed by atoms with Crippen molar-refractivity contribution < 1.29 is 14.6 Å². The summed E-state index contributed by atoms with van der Waals surface area (Å²) in [6, 6.07) is 11.9. The van der Waals surface area contributed by atoms with E-state index in [9.17, 15) is 4.79 Å². The van der Waals surface area contributed by atoms with E-state index < -0.39 is 5.97 Å². The molecule has 2 aromatic carbocycles. The number of aromatic amines is 1. The van der Waals surface area contributed by atoms with Gasteiger partial charge < -0.3 is 9.84 Å². The Morgan fingerprint density at radius 3 is 2.84 bits per heavy atom. The number of carboxylic acid groups (broad SMARTS) is 1. The fraction of sp³-hybridized carbons (Fsp3) is 0. The molecule has 1 heterocycles. The van der Waals surface area contributed by atoms with Gasteiger partial charge in [0, 0.05) is 5.39 Å². The van der Waals surface area contributed by atoms with E-state index in [0.29, 0.717) is 11.5 Å². The molecule has 3 rings (SSSR count). The zero-order valence-electron chi connectivity index (χ0n) is 9.83. The van der Waals surface area contributed by atoms with Crippen LogP contribution in [0.1, 0.15) is 10.4 Å². The van der Waals surface area contributed by atoms with Crippen LogP contribution in [-0.2, 0) is 0 Å². The number of nitrogens with zero attached hydrogens (tertiary/aromatic N) is 1. The second kappa shape index (κ2) is 4.45. The molecule has 0 fully saturated rings.